The van der Waals surface area contributed by atoms with E-state index in [2.05, 4.69) is 59.5 Å². The Morgan fingerprint density at radius 1 is 0.673 bits per heavy atom. The van der Waals surface area contributed by atoms with E-state index in [4.69, 9.17) is 9.47 Å². The molecule has 0 aromatic rings. The molecule has 302 valence electrons. The molecule has 8 aliphatic carbocycles. The first kappa shape index (κ1) is 39.1. The highest BCUT2D eigenvalue weighted by Crippen LogP contribution is 2.68. The van der Waals surface area contributed by atoms with E-state index in [0.29, 0.717) is 59.5 Å². The average Bonchev–Trinajstić information content (AvgIpc) is 3.64. The van der Waals surface area contributed by atoms with Gasteiger partial charge in [0, 0.05) is 30.2 Å². The van der Waals surface area contributed by atoms with E-state index in [0.717, 1.165) is 70.6 Å². The van der Waals surface area contributed by atoms with Gasteiger partial charge in [0.2, 0.25) is 5.91 Å². The first-order chi connectivity index (χ1) is 26.1. The Hall–Kier alpha value is -2.70. The molecule has 0 spiro atoms. The molecule has 0 bridgehead atoms. The second-order valence-corrected chi connectivity index (χ2v) is 21.0. The van der Waals surface area contributed by atoms with Gasteiger partial charge in [-0.2, -0.15) is 0 Å². The Morgan fingerprint density at radius 3 is 1.75 bits per heavy atom. The maximum absolute atomic E-state index is 13.2. The molecule has 8 aliphatic rings. The molecule has 0 heterocycles. The van der Waals surface area contributed by atoms with Gasteiger partial charge in [-0.25, -0.2) is 0 Å². The molecule has 0 aromatic heterocycles. The lowest BCUT2D eigenvalue weighted by Crippen LogP contribution is -2.54. The van der Waals surface area contributed by atoms with Gasteiger partial charge in [0.15, 0.2) is 5.78 Å². The number of fused-ring (bicyclic) bond motifs is 10. The Bertz CT molecular complexity index is 1680. The number of allylic oxidation sites excluding steroid dienone is 4. The summed E-state index contributed by atoms with van der Waals surface area (Å²) in [6.07, 6.45) is 19.0. The van der Waals surface area contributed by atoms with E-state index >= 15 is 0 Å². The molecule has 14 atom stereocenters. The van der Waals surface area contributed by atoms with Crippen LogP contribution in [0.5, 0.6) is 0 Å². The average molecular weight is 756 g/mol. The van der Waals surface area contributed by atoms with E-state index in [1.807, 2.05) is 6.08 Å². The number of carbonyl (C=O) groups excluding carboxylic acids is 4. The summed E-state index contributed by atoms with van der Waals surface area (Å²) >= 11 is 0. The zero-order valence-electron chi connectivity index (χ0n) is 34.8. The standard InChI is InChI=1S/C48H69NO6/c1-28-14-19-45(4)31(24-28)25-29(2)43-34-8-10-38(47(34,6)21-16-36(43)45)54-41(52)13-12-40(51)49-23-18-42(53)55-39-11-9-35-44-30(3)26-32-27-33(50)15-20-46(32,5)37(44)17-22-48(35,39)7/h24,27,29-30,34-39,43-44H,1,8-23,25-26H2,2-7H3,(H,49,51)/t29-,30-,34?,35?,36?,37?,38+,39+,43?,44?,45+,46+,47+,48+/m1/s1. The Labute approximate surface area is 330 Å². The number of esters is 2. The third-order valence-electron chi connectivity index (χ3n) is 18.3. The molecule has 0 radical (unpaired) electrons. The first-order valence-electron chi connectivity index (χ1n) is 22.3. The zero-order valence-corrected chi connectivity index (χ0v) is 34.8. The molecule has 0 saturated heterocycles. The minimum Gasteiger partial charge on any atom is -0.462 e. The van der Waals surface area contributed by atoms with Crippen molar-refractivity contribution in [2.24, 2.45) is 69.0 Å². The number of ether oxygens (including phenoxy) is 2. The maximum Gasteiger partial charge on any atom is 0.307 e. The highest BCUT2D eigenvalue weighted by Gasteiger charge is 2.63. The molecule has 6 fully saturated rings. The van der Waals surface area contributed by atoms with Crippen molar-refractivity contribution < 1.29 is 28.7 Å². The van der Waals surface area contributed by atoms with Crippen LogP contribution in [0.25, 0.3) is 0 Å². The van der Waals surface area contributed by atoms with Crippen molar-refractivity contribution in [3.8, 4) is 0 Å². The van der Waals surface area contributed by atoms with Crippen molar-refractivity contribution in [3.63, 3.8) is 0 Å². The molecule has 55 heavy (non-hydrogen) atoms. The van der Waals surface area contributed by atoms with Gasteiger partial charge in [0.25, 0.3) is 0 Å². The SMILES string of the molecule is C=C1C=C2C[C@@H](C)C3C(CC[C@@]4(C)C3CC[C@@H]4OC(=O)CCC(=O)NCCC(=O)O[C@H]3CCC4C5C(CC[C@@]43C)[C@@]3(C)CCC(=O)C=C3C[C@H]5C)[C@@]2(C)CC1. The lowest BCUT2D eigenvalue weighted by molar-refractivity contribution is -0.162. The Kier molecular flexibility index (Phi) is 10.2. The van der Waals surface area contributed by atoms with E-state index in [9.17, 15) is 19.2 Å². The minimum atomic E-state index is -0.285. The van der Waals surface area contributed by atoms with Crippen LogP contribution >= 0.6 is 0 Å². The van der Waals surface area contributed by atoms with Crippen LogP contribution in [0.3, 0.4) is 0 Å². The number of rotatable bonds is 8. The normalized spacial score (nSPS) is 45.7. The molecular formula is C48H69NO6. The quantitative estimate of drug-likeness (QED) is 0.248. The monoisotopic (exact) mass is 756 g/mol. The summed E-state index contributed by atoms with van der Waals surface area (Å²) in [4.78, 5) is 51.4. The Morgan fingerprint density at radius 2 is 1.18 bits per heavy atom. The van der Waals surface area contributed by atoms with Crippen molar-refractivity contribution in [2.75, 3.05) is 6.54 Å². The molecule has 0 aliphatic heterocycles. The molecule has 1 N–H and O–H groups in total. The number of ketones is 1. The fourth-order valence-electron chi connectivity index (χ4n) is 15.2. The zero-order chi connectivity index (χ0) is 39.1. The van der Waals surface area contributed by atoms with Gasteiger partial charge in [-0.05, 0) is 148 Å². The summed E-state index contributed by atoms with van der Waals surface area (Å²) in [5.41, 5.74) is 4.63. The van der Waals surface area contributed by atoms with Crippen LogP contribution in [0.1, 0.15) is 151 Å². The second-order valence-electron chi connectivity index (χ2n) is 21.0. The fraction of sp³-hybridized carbons (Fsp3) is 0.792. The molecule has 8 rings (SSSR count). The van der Waals surface area contributed by atoms with Gasteiger partial charge in [-0.3, -0.25) is 19.2 Å². The number of nitrogens with one attached hydrogen (secondary N) is 1. The number of carbonyl (C=O) groups is 4. The van der Waals surface area contributed by atoms with Crippen molar-refractivity contribution >= 4 is 23.6 Å². The summed E-state index contributed by atoms with van der Waals surface area (Å²) in [5.74, 6) is 4.26. The van der Waals surface area contributed by atoms with Crippen LogP contribution in [0.15, 0.2) is 35.5 Å². The van der Waals surface area contributed by atoms with Crippen molar-refractivity contribution in [3.05, 3.63) is 35.5 Å². The molecule has 0 aromatic carbocycles. The molecule has 1 amide bonds. The summed E-state index contributed by atoms with van der Waals surface area (Å²) in [6, 6.07) is 0. The summed E-state index contributed by atoms with van der Waals surface area (Å²) < 4.78 is 12.4. The van der Waals surface area contributed by atoms with E-state index in [1.54, 1.807) is 5.57 Å². The van der Waals surface area contributed by atoms with E-state index in [1.165, 1.54) is 24.0 Å². The molecular weight excluding hydrogens is 687 g/mol. The summed E-state index contributed by atoms with van der Waals surface area (Å²) in [6.45, 7) is 19.0. The van der Waals surface area contributed by atoms with Crippen molar-refractivity contribution in [1.82, 2.24) is 5.32 Å². The maximum atomic E-state index is 13.2. The summed E-state index contributed by atoms with van der Waals surface area (Å²) in [5, 5.41) is 2.86. The third-order valence-corrected chi connectivity index (χ3v) is 18.3. The largest absolute Gasteiger partial charge is 0.462 e. The van der Waals surface area contributed by atoms with Crippen LogP contribution in [0.2, 0.25) is 0 Å². The van der Waals surface area contributed by atoms with Crippen LogP contribution in [-0.2, 0) is 28.7 Å². The highest BCUT2D eigenvalue weighted by molar-refractivity contribution is 5.91. The predicted molar refractivity (Wildman–Crippen MR) is 213 cm³/mol. The van der Waals surface area contributed by atoms with Crippen molar-refractivity contribution in [1.29, 1.82) is 0 Å². The lowest BCUT2D eigenvalue weighted by Gasteiger charge is -2.60. The van der Waals surface area contributed by atoms with Gasteiger partial charge in [0.05, 0.1) is 12.8 Å². The van der Waals surface area contributed by atoms with E-state index < -0.39 is 0 Å². The first-order valence-corrected chi connectivity index (χ1v) is 22.3. The molecule has 6 saturated carbocycles. The number of hydrogen-bond acceptors (Lipinski definition) is 6. The van der Waals surface area contributed by atoms with Crippen LogP contribution in [-0.4, -0.2) is 42.4 Å². The van der Waals surface area contributed by atoms with Gasteiger partial charge in [0.1, 0.15) is 12.2 Å². The fourth-order valence-corrected chi connectivity index (χ4v) is 15.2. The molecule has 6 unspecified atom stereocenters. The van der Waals surface area contributed by atoms with Gasteiger partial charge >= 0.3 is 11.9 Å². The second kappa shape index (κ2) is 14.3. The van der Waals surface area contributed by atoms with Gasteiger partial charge < -0.3 is 14.8 Å². The van der Waals surface area contributed by atoms with Crippen molar-refractivity contribution in [2.45, 2.75) is 163 Å². The molecule has 7 heteroatoms. The lowest BCUT2D eigenvalue weighted by atomic mass is 9.45. The highest BCUT2D eigenvalue weighted by atomic mass is 16.5. The third kappa shape index (κ3) is 6.52. The number of amides is 1. The molecule has 7 nitrogen and oxygen atoms in total. The topological polar surface area (TPSA) is 98.8 Å². The van der Waals surface area contributed by atoms with E-state index in [-0.39, 0.29) is 77.5 Å². The van der Waals surface area contributed by atoms with Crippen LogP contribution in [0, 0.1) is 69.0 Å². The van der Waals surface area contributed by atoms with Crippen LogP contribution in [0.4, 0.5) is 0 Å². The smallest absolute Gasteiger partial charge is 0.307 e. The van der Waals surface area contributed by atoms with Crippen LogP contribution < -0.4 is 5.32 Å². The van der Waals surface area contributed by atoms with Gasteiger partial charge in [-0.15, -0.1) is 0 Å². The minimum absolute atomic E-state index is 0.00991. The number of hydrogen-bond donors (Lipinski definition) is 1. The predicted octanol–water partition coefficient (Wildman–Crippen LogP) is 9.64. The summed E-state index contributed by atoms with van der Waals surface area (Å²) in [7, 11) is 0. The Balaban J connectivity index is 0.781. The van der Waals surface area contributed by atoms with Gasteiger partial charge in [-0.1, -0.05) is 70.9 Å².